The van der Waals surface area contributed by atoms with Crippen LogP contribution in [0.1, 0.15) is 55.8 Å². The molecule has 0 saturated carbocycles. The minimum absolute atomic E-state index is 0.00773. The number of carbonyl (C=O) groups is 2. The fourth-order valence-corrected chi connectivity index (χ4v) is 4.29. The summed E-state index contributed by atoms with van der Waals surface area (Å²) in [4.78, 5) is 38.5. The number of benzene rings is 1. The Bertz CT molecular complexity index is 1270. The average Bonchev–Trinajstić information content (AvgIpc) is 3.41. The van der Waals surface area contributed by atoms with Crippen LogP contribution in [0.15, 0.2) is 29.0 Å². The van der Waals surface area contributed by atoms with Crippen LogP contribution in [-0.4, -0.2) is 57.7 Å². The van der Waals surface area contributed by atoms with Gasteiger partial charge in [-0.1, -0.05) is 12.1 Å². The zero-order valence-corrected chi connectivity index (χ0v) is 21.8. The Hall–Kier alpha value is -4.16. The van der Waals surface area contributed by atoms with Gasteiger partial charge in [0.25, 0.3) is 5.91 Å². The second-order valence-corrected chi connectivity index (χ2v) is 9.42. The molecule has 0 radical (unpaired) electrons. The first-order valence-corrected chi connectivity index (χ1v) is 12.9. The summed E-state index contributed by atoms with van der Waals surface area (Å²) in [5.74, 6) is -1.86. The van der Waals surface area contributed by atoms with E-state index in [-0.39, 0.29) is 12.4 Å². The zero-order valence-electron chi connectivity index (χ0n) is 21.8. The summed E-state index contributed by atoms with van der Waals surface area (Å²) >= 11 is 0. The number of ether oxygens (including phenoxy) is 1. The average molecular weight is 544 g/mol. The summed E-state index contributed by atoms with van der Waals surface area (Å²) in [6, 6.07) is 0.847. The predicted molar refractivity (Wildman–Crippen MR) is 137 cm³/mol. The molecule has 3 aromatic rings. The number of anilines is 1. The van der Waals surface area contributed by atoms with Crippen molar-refractivity contribution in [2.45, 2.75) is 52.0 Å². The Morgan fingerprint density at radius 1 is 1.21 bits per heavy atom. The molecule has 0 unspecified atom stereocenters. The van der Waals surface area contributed by atoms with Gasteiger partial charge < -0.3 is 25.2 Å². The Morgan fingerprint density at radius 2 is 1.87 bits per heavy atom. The second kappa shape index (κ2) is 12.6. The highest BCUT2D eigenvalue weighted by molar-refractivity contribution is 5.97. The number of rotatable bonds is 11. The third-order valence-corrected chi connectivity index (χ3v) is 6.61. The van der Waals surface area contributed by atoms with E-state index in [0.29, 0.717) is 42.0 Å². The smallest absolute Gasteiger partial charge is 0.257 e. The Labute approximate surface area is 224 Å². The maximum Gasteiger partial charge on any atom is 0.257 e. The molecule has 1 fully saturated rings. The van der Waals surface area contributed by atoms with Crippen molar-refractivity contribution in [3.8, 4) is 17.1 Å². The minimum atomic E-state index is -1.08. The van der Waals surface area contributed by atoms with Gasteiger partial charge in [0.2, 0.25) is 23.6 Å². The number of nitrogens with zero attached hydrogens (tertiary/aromatic N) is 5. The summed E-state index contributed by atoms with van der Waals surface area (Å²) in [5, 5.41) is 6.10. The molecule has 39 heavy (non-hydrogen) atoms. The van der Waals surface area contributed by atoms with Crippen LogP contribution in [0.3, 0.4) is 0 Å². The molecule has 0 aliphatic carbocycles. The van der Waals surface area contributed by atoms with E-state index in [1.807, 2.05) is 6.92 Å². The zero-order chi connectivity index (χ0) is 27.9. The molecule has 2 amide bonds. The molecular weight excluding hydrogens is 512 g/mol. The van der Waals surface area contributed by atoms with Crippen molar-refractivity contribution < 1.29 is 27.6 Å². The van der Waals surface area contributed by atoms with Crippen molar-refractivity contribution in [2.75, 3.05) is 24.6 Å². The van der Waals surface area contributed by atoms with Gasteiger partial charge in [-0.3, -0.25) is 9.59 Å². The summed E-state index contributed by atoms with van der Waals surface area (Å²) in [7, 11) is 0. The number of hydrogen-bond donors (Lipinski definition) is 2. The van der Waals surface area contributed by atoms with Gasteiger partial charge in [-0.2, -0.15) is 4.98 Å². The summed E-state index contributed by atoms with van der Waals surface area (Å²) < 4.78 is 39.4. The molecule has 1 aliphatic heterocycles. The highest BCUT2D eigenvalue weighted by atomic mass is 19.1. The number of piperidine rings is 1. The predicted octanol–water partition coefficient (Wildman–Crippen LogP) is 3.05. The van der Waals surface area contributed by atoms with E-state index in [2.05, 4.69) is 30.3 Å². The highest BCUT2D eigenvalue weighted by Crippen LogP contribution is 2.26. The van der Waals surface area contributed by atoms with E-state index >= 15 is 0 Å². The van der Waals surface area contributed by atoms with Crippen molar-refractivity contribution in [3.05, 3.63) is 47.6 Å². The third-order valence-electron chi connectivity index (χ3n) is 6.61. The quantitative estimate of drug-likeness (QED) is 0.348. The summed E-state index contributed by atoms with van der Waals surface area (Å²) in [6.45, 7) is 5.19. The Morgan fingerprint density at radius 3 is 2.46 bits per heavy atom. The molecule has 1 aromatic carbocycles. The maximum absolute atomic E-state index is 14.4. The summed E-state index contributed by atoms with van der Waals surface area (Å²) in [5.41, 5.74) is 4.98. The molecule has 1 aliphatic rings. The molecule has 0 spiro atoms. The molecule has 208 valence electrons. The van der Waals surface area contributed by atoms with E-state index in [1.54, 1.807) is 12.4 Å². The standard InChI is InChI=1S/C26H31F2N7O4/c1-3-21-33-24(34-39-21)17-13-30-26(31-14-17)35-8-6-16(7-9-35)5-4-10-38-18-11-19(27)22(20(28)12-18)25(37)32-15(2)23(29)36/h11-16H,3-10H2,1-2H3,(H2,29,36)(H,32,37)/t15-/m0/s1. The lowest BCUT2D eigenvalue weighted by atomic mass is 9.92. The lowest BCUT2D eigenvalue weighted by Gasteiger charge is -2.32. The Kier molecular flexibility index (Phi) is 8.99. The third kappa shape index (κ3) is 7.03. The number of aromatic nitrogens is 4. The van der Waals surface area contributed by atoms with Crippen LogP contribution in [0, 0.1) is 17.6 Å². The van der Waals surface area contributed by atoms with E-state index in [0.717, 1.165) is 44.5 Å². The number of aryl methyl sites for hydroxylation is 1. The van der Waals surface area contributed by atoms with Crippen molar-refractivity contribution in [2.24, 2.45) is 11.7 Å². The van der Waals surface area contributed by atoms with Gasteiger partial charge in [-0.05, 0) is 38.5 Å². The van der Waals surface area contributed by atoms with E-state index in [1.165, 1.54) is 6.92 Å². The lowest BCUT2D eigenvalue weighted by Crippen LogP contribution is -2.42. The van der Waals surface area contributed by atoms with Gasteiger partial charge in [0.1, 0.15) is 29.0 Å². The van der Waals surface area contributed by atoms with E-state index < -0.39 is 35.1 Å². The molecular formula is C26H31F2N7O4. The molecule has 4 rings (SSSR count). The maximum atomic E-state index is 14.4. The molecule has 0 bridgehead atoms. The van der Waals surface area contributed by atoms with Gasteiger partial charge in [-0.15, -0.1) is 0 Å². The largest absolute Gasteiger partial charge is 0.493 e. The van der Waals surface area contributed by atoms with Crippen LogP contribution >= 0.6 is 0 Å². The number of nitrogens with one attached hydrogen (secondary N) is 1. The van der Waals surface area contributed by atoms with Crippen LogP contribution in [0.2, 0.25) is 0 Å². The number of hydrogen-bond acceptors (Lipinski definition) is 9. The van der Waals surface area contributed by atoms with Crippen molar-refractivity contribution >= 4 is 17.8 Å². The normalized spacial score (nSPS) is 14.7. The van der Waals surface area contributed by atoms with E-state index in [9.17, 15) is 18.4 Å². The number of amides is 2. The van der Waals surface area contributed by atoms with Gasteiger partial charge in [0.15, 0.2) is 0 Å². The number of halogens is 2. The first-order valence-electron chi connectivity index (χ1n) is 12.9. The van der Waals surface area contributed by atoms with Crippen LogP contribution in [0.5, 0.6) is 5.75 Å². The first kappa shape index (κ1) is 27.9. The molecule has 1 atom stereocenters. The second-order valence-electron chi connectivity index (χ2n) is 9.42. The van der Waals surface area contributed by atoms with Gasteiger partial charge >= 0.3 is 0 Å². The van der Waals surface area contributed by atoms with Gasteiger partial charge in [0, 0.05) is 44.0 Å². The first-order chi connectivity index (χ1) is 18.7. The molecule has 11 nitrogen and oxygen atoms in total. The van der Waals surface area contributed by atoms with Gasteiger partial charge in [0.05, 0.1) is 12.2 Å². The molecule has 2 aromatic heterocycles. The van der Waals surface area contributed by atoms with Crippen molar-refractivity contribution in [1.29, 1.82) is 0 Å². The number of carbonyl (C=O) groups excluding carboxylic acids is 2. The van der Waals surface area contributed by atoms with Crippen LogP contribution < -0.4 is 20.7 Å². The Balaban J connectivity index is 1.20. The molecule has 3 N–H and O–H groups in total. The fraction of sp³-hybridized carbons (Fsp3) is 0.462. The van der Waals surface area contributed by atoms with Crippen LogP contribution in [0.25, 0.3) is 11.4 Å². The number of primary amides is 1. The van der Waals surface area contributed by atoms with Crippen LogP contribution in [0.4, 0.5) is 14.7 Å². The fourth-order valence-electron chi connectivity index (χ4n) is 4.29. The van der Waals surface area contributed by atoms with Gasteiger partial charge in [-0.25, -0.2) is 18.7 Å². The minimum Gasteiger partial charge on any atom is -0.493 e. The van der Waals surface area contributed by atoms with Crippen molar-refractivity contribution in [1.82, 2.24) is 25.4 Å². The van der Waals surface area contributed by atoms with Crippen molar-refractivity contribution in [3.63, 3.8) is 0 Å². The summed E-state index contributed by atoms with van der Waals surface area (Å²) in [6.07, 6.45) is 7.60. The highest BCUT2D eigenvalue weighted by Gasteiger charge is 2.23. The van der Waals surface area contributed by atoms with E-state index in [4.69, 9.17) is 15.0 Å². The molecule has 1 saturated heterocycles. The van der Waals surface area contributed by atoms with Crippen LogP contribution in [-0.2, 0) is 11.2 Å². The molecule has 3 heterocycles. The molecule has 13 heteroatoms. The SMILES string of the molecule is CCc1nc(-c2cnc(N3CCC(CCCOc4cc(F)c(C(=O)N[C@@H](C)C(N)=O)c(F)c4)CC3)nc2)no1. The monoisotopic (exact) mass is 543 g/mol. The topological polar surface area (TPSA) is 149 Å². The number of nitrogens with two attached hydrogens (primary N) is 1. The lowest BCUT2D eigenvalue weighted by molar-refractivity contribution is -0.119.